The number of carbonyl (C=O) groups is 1. The predicted octanol–water partition coefficient (Wildman–Crippen LogP) is 3.32. The molecule has 0 spiro atoms. The fraction of sp³-hybridized carbons (Fsp3) is 0.167. The lowest BCUT2D eigenvalue weighted by Gasteiger charge is -2.16. The van der Waals surface area contributed by atoms with Crippen LogP contribution >= 0.6 is 0 Å². The third-order valence-corrected chi connectivity index (χ3v) is 3.58. The zero-order chi connectivity index (χ0) is 16.2. The number of hydrogen-bond donors (Lipinski definition) is 0. The van der Waals surface area contributed by atoms with E-state index in [1.54, 1.807) is 11.9 Å². The summed E-state index contributed by atoms with van der Waals surface area (Å²) in [7, 11) is 1.72. The van der Waals surface area contributed by atoms with Gasteiger partial charge in [-0.2, -0.15) is 0 Å². The van der Waals surface area contributed by atoms with Gasteiger partial charge in [0.25, 0.3) is 5.91 Å². The summed E-state index contributed by atoms with van der Waals surface area (Å²) in [4.78, 5) is 14.1. The van der Waals surface area contributed by atoms with Gasteiger partial charge in [-0.3, -0.25) is 4.79 Å². The van der Waals surface area contributed by atoms with E-state index in [4.69, 9.17) is 4.42 Å². The average Bonchev–Trinajstić information content (AvgIpc) is 3.04. The molecular weight excluding hydrogens is 290 g/mol. The molecular formula is C18H17N3O2. The fourth-order valence-electron chi connectivity index (χ4n) is 2.31. The van der Waals surface area contributed by atoms with Crippen LogP contribution in [0.5, 0.6) is 0 Å². The number of benzene rings is 2. The summed E-state index contributed by atoms with van der Waals surface area (Å²) in [6.45, 7) is 2.19. The molecule has 0 aliphatic heterocycles. The normalized spacial score (nSPS) is 10.5. The van der Waals surface area contributed by atoms with E-state index >= 15 is 0 Å². The summed E-state index contributed by atoms with van der Waals surface area (Å²) < 4.78 is 5.64. The number of aromatic nitrogens is 2. The van der Waals surface area contributed by atoms with Gasteiger partial charge in [0.1, 0.15) is 0 Å². The second-order valence-corrected chi connectivity index (χ2v) is 5.34. The lowest BCUT2D eigenvalue weighted by molar-refractivity contribution is 0.0772. The molecule has 3 rings (SSSR count). The van der Waals surface area contributed by atoms with Crippen LogP contribution in [0.4, 0.5) is 0 Å². The number of hydrogen-bond acceptors (Lipinski definition) is 4. The summed E-state index contributed by atoms with van der Waals surface area (Å²) in [5.41, 5.74) is 2.48. The first kappa shape index (κ1) is 15.0. The molecule has 2 aromatic carbocycles. The van der Waals surface area contributed by atoms with Crippen molar-refractivity contribution in [2.24, 2.45) is 0 Å². The highest BCUT2D eigenvalue weighted by Crippen LogP contribution is 2.18. The van der Waals surface area contributed by atoms with E-state index in [9.17, 15) is 4.79 Å². The lowest BCUT2D eigenvalue weighted by atomic mass is 10.1. The Bertz CT molecular complexity index is 812. The van der Waals surface area contributed by atoms with Gasteiger partial charge in [0.15, 0.2) is 0 Å². The lowest BCUT2D eigenvalue weighted by Crippen LogP contribution is -2.27. The minimum Gasteiger partial charge on any atom is -0.419 e. The molecule has 116 valence electrons. The molecule has 23 heavy (non-hydrogen) atoms. The van der Waals surface area contributed by atoms with E-state index in [0.717, 1.165) is 11.1 Å². The van der Waals surface area contributed by atoms with E-state index in [1.807, 2.05) is 61.5 Å². The zero-order valence-electron chi connectivity index (χ0n) is 13.1. The fourth-order valence-corrected chi connectivity index (χ4v) is 2.31. The summed E-state index contributed by atoms with van der Waals surface area (Å²) in [6.07, 6.45) is 0. The SMILES string of the molecule is Cc1ccccc1C(=O)N(C)Cc1nnc(-c2ccccc2)o1. The summed E-state index contributed by atoms with van der Waals surface area (Å²) in [5.74, 6) is 0.799. The Hall–Kier alpha value is -2.95. The highest BCUT2D eigenvalue weighted by molar-refractivity contribution is 5.95. The summed E-state index contributed by atoms with van der Waals surface area (Å²) >= 11 is 0. The van der Waals surface area contributed by atoms with Gasteiger partial charge in [0, 0.05) is 18.2 Å². The van der Waals surface area contributed by atoms with Gasteiger partial charge in [0.05, 0.1) is 6.54 Å². The van der Waals surface area contributed by atoms with E-state index in [-0.39, 0.29) is 12.5 Å². The Morgan fingerprint density at radius 1 is 1.04 bits per heavy atom. The molecule has 0 saturated carbocycles. The van der Waals surface area contributed by atoms with Gasteiger partial charge >= 0.3 is 0 Å². The summed E-state index contributed by atoms with van der Waals surface area (Å²) in [6, 6.07) is 17.1. The van der Waals surface area contributed by atoms with Crippen LogP contribution in [-0.2, 0) is 6.54 Å². The van der Waals surface area contributed by atoms with Crippen molar-refractivity contribution in [3.05, 3.63) is 71.6 Å². The quantitative estimate of drug-likeness (QED) is 0.742. The van der Waals surface area contributed by atoms with Crippen molar-refractivity contribution in [1.29, 1.82) is 0 Å². The maximum absolute atomic E-state index is 12.5. The second-order valence-electron chi connectivity index (χ2n) is 5.34. The maximum atomic E-state index is 12.5. The zero-order valence-corrected chi connectivity index (χ0v) is 13.1. The second kappa shape index (κ2) is 6.44. The molecule has 1 amide bonds. The largest absolute Gasteiger partial charge is 0.419 e. The van der Waals surface area contributed by atoms with Crippen molar-refractivity contribution < 1.29 is 9.21 Å². The number of rotatable bonds is 4. The molecule has 0 aliphatic carbocycles. The van der Waals surface area contributed by atoms with Gasteiger partial charge in [0.2, 0.25) is 11.8 Å². The predicted molar refractivity (Wildman–Crippen MR) is 86.7 cm³/mol. The molecule has 0 aliphatic rings. The van der Waals surface area contributed by atoms with Crippen LogP contribution in [0.1, 0.15) is 21.8 Å². The van der Waals surface area contributed by atoms with Crippen LogP contribution in [0.2, 0.25) is 0 Å². The van der Waals surface area contributed by atoms with Crippen LogP contribution in [0.25, 0.3) is 11.5 Å². The minimum atomic E-state index is -0.0671. The molecule has 0 atom stereocenters. The van der Waals surface area contributed by atoms with Crippen LogP contribution in [0, 0.1) is 6.92 Å². The Kier molecular flexibility index (Phi) is 4.19. The minimum absolute atomic E-state index is 0.0671. The number of nitrogens with zero attached hydrogens (tertiary/aromatic N) is 3. The highest BCUT2D eigenvalue weighted by Gasteiger charge is 2.17. The van der Waals surface area contributed by atoms with Gasteiger partial charge in [-0.1, -0.05) is 36.4 Å². The molecule has 0 saturated heterocycles. The van der Waals surface area contributed by atoms with Gasteiger partial charge < -0.3 is 9.32 Å². The average molecular weight is 307 g/mol. The Morgan fingerprint density at radius 3 is 2.48 bits per heavy atom. The van der Waals surface area contributed by atoms with Crippen molar-refractivity contribution in [2.45, 2.75) is 13.5 Å². The molecule has 0 N–H and O–H groups in total. The number of aryl methyl sites for hydroxylation is 1. The van der Waals surface area contributed by atoms with Crippen molar-refractivity contribution in [2.75, 3.05) is 7.05 Å². The smallest absolute Gasteiger partial charge is 0.254 e. The van der Waals surface area contributed by atoms with E-state index in [1.165, 1.54) is 0 Å². The van der Waals surface area contributed by atoms with Crippen molar-refractivity contribution >= 4 is 5.91 Å². The van der Waals surface area contributed by atoms with E-state index < -0.39 is 0 Å². The first-order valence-corrected chi connectivity index (χ1v) is 7.34. The third kappa shape index (κ3) is 3.29. The molecule has 3 aromatic rings. The first-order valence-electron chi connectivity index (χ1n) is 7.34. The van der Waals surface area contributed by atoms with E-state index in [0.29, 0.717) is 17.3 Å². The first-order chi connectivity index (χ1) is 11.1. The topological polar surface area (TPSA) is 59.2 Å². The van der Waals surface area contributed by atoms with Crippen molar-refractivity contribution in [3.63, 3.8) is 0 Å². The maximum Gasteiger partial charge on any atom is 0.254 e. The van der Waals surface area contributed by atoms with Crippen molar-refractivity contribution in [1.82, 2.24) is 15.1 Å². The molecule has 0 radical (unpaired) electrons. The number of carbonyl (C=O) groups excluding carboxylic acids is 1. The molecule has 5 nitrogen and oxygen atoms in total. The Balaban J connectivity index is 1.74. The van der Waals surface area contributed by atoms with Gasteiger partial charge in [-0.15, -0.1) is 10.2 Å². The van der Waals surface area contributed by atoms with Gasteiger partial charge in [-0.25, -0.2) is 0 Å². The molecule has 1 heterocycles. The Labute approximate surface area is 134 Å². The molecule has 5 heteroatoms. The third-order valence-electron chi connectivity index (χ3n) is 3.58. The summed E-state index contributed by atoms with van der Waals surface area (Å²) in [5, 5.41) is 8.05. The standard InChI is InChI=1S/C18H17N3O2/c1-13-8-6-7-11-15(13)18(22)21(2)12-16-19-20-17(23-16)14-9-4-3-5-10-14/h3-11H,12H2,1-2H3. The van der Waals surface area contributed by atoms with Crippen molar-refractivity contribution in [3.8, 4) is 11.5 Å². The monoisotopic (exact) mass is 307 g/mol. The Morgan fingerprint density at radius 2 is 1.74 bits per heavy atom. The number of amides is 1. The van der Waals surface area contributed by atoms with Crippen LogP contribution < -0.4 is 0 Å². The van der Waals surface area contributed by atoms with E-state index in [2.05, 4.69) is 10.2 Å². The molecule has 1 aromatic heterocycles. The van der Waals surface area contributed by atoms with Crippen LogP contribution in [-0.4, -0.2) is 28.1 Å². The molecule has 0 unspecified atom stereocenters. The highest BCUT2D eigenvalue weighted by atomic mass is 16.4. The van der Waals surface area contributed by atoms with Gasteiger partial charge in [-0.05, 0) is 30.7 Å². The van der Waals surface area contributed by atoms with Crippen LogP contribution in [0.3, 0.4) is 0 Å². The van der Waals surface area contributed by atoms with Crippen LogP contribution in [0.15, 0.2) is 59.0 Å². The molecule has 0 fully saturated rings. The molecule has 0 bridgehead atoms.